The highest BCUT2D eigenvalue weighted by atomic mass is 15.2. The molecule has 1 saturated heterocycles. The zero-order valence-corrected chi connectivity index (χ0v) is 9.98. The number of hydrogen-bond donors (Lipinski definition) is 0. The van der Waals surface area contributed by atoms with Crippen LogP contribution in [0.25, 0.3) is 0 Å². The van der Waals surface area contributed by atoms with Gasteiger partial charge in [-0.25, -0.2) is 0 Å². The molecule has 1 fully saturated rings. The Hall–Kier alpha value is -1.84. The van der Waals surface area contributed by atoms with Crippen molar-refractivity contribution in [1.82, 2.24) is 4.90 Å². The maximum Gasteiger partial charge on any atom is 0.0991 e. The van der Waals surface area contributed by atoms with E-state index in [9.17, 15) is 0 Å². The first kappa shape index (κ1) is 11.6. The highest BCUT2D eigenvalue weighted by Gasteiger charge is 2.24. The van der Waals surface area contributed by atoms with Crippen LogP contribution in [0.1, 0.15) is 29.5 Å². The van der Waals surface area contributed by atoms with E-state index in [-0.39, 0.29) is 6.04 Å². The predicted octanol–water partition coefficient (Wildman–Crippen LogP) is 2.35. The number of hydrogen-bond acceptors (Lipinski definition) is 3. The summed E-state index contributed by atoms with van der Waals surface area (Å²) in [5, 5.41) is 17.8. The van der Waals surface area contributed by atoms with Crippen molar-refractivity contribution in [3.63, 3.8) is 0 Å². The maximum atomic E-state index is 9.03. The van der Waals surface area contributed by atoms with E-state index in [1.807, 2.05) is 25.1 Å². The van der Waals surface area contributed by atoms with Crippen LogP contribution in [0.3, 0.4) is 0 Å². The van der Waals surface area contributed by atoms with Gasteiger partial charge in [0.1, 0.15) is 0 Å². The van der Waals surface area contributed by atoms with Gasteiger partial charge in [-0.1, -0.05) is 6.07 Å². The van der Waals surface area contributed by atoms with Crippen LogP contribution >= 0.6 is 0 Å². The molecule has 1 aliphatic heterocycles. The number of aryl methyl sites for hydroxylation is 1. The zero-order valence-electron chi connectivity index (χ0n) is 9.98. The van der Waals surface area contributed by atoms with Crippen molar-refractivity contribution < 1.29 is 0 Å². The molecule has 0 radical (unpaired) electrons. The highest BCUT2D eigenvalue weighted by molar-refractivity contribution is 5.37. The Balaban J connectivity index is 2.14. The van der Waals surface area contributed by atoms with E-state index >= 15 is 0 Å². The molecule has 1 unspecified atom stereocenters. The number of rotatable bonds is 2. The molecule has 0 aliphatic carbocycles. The lowest BCUT2D eigenvalue weighted by atomic mass is 10.0. The normalized spacial score (nSPS) is 19.8. The van der Waals surface area contributed by atoms with E-state index in [0.29, 0.717) is 5.56 Å². The summed E-state index contributed by atoms with van der Waals surface area (Å²) in [5.74, 6) is 0. The molecule has 2 rings (SSSR count). The Kier molecular flexibility index (Phi) is 3.42. The quantitative estimate of drug-likeness (QED) is 0.776. The van der Waals surface area contributed by atoms with Gasteiger partial charge in [0.15, 0.2) is 0 Å². The van der Waals surface area contributed by atoms with Gasteiger partial charge in [-0.05, 0) is 49.6 Å². The summed E-state index contributed by atoms with van der Waals surface area (Å²) in [7, 11) is 0. The standard InChI is InChI=1S/C14H15N3/c1-11-7-12(8-15)4-5-13(11)10-17-6-2-3-14(17)9-16/h4-5,7,14H,2-3,6,10H2,1H3. The first-order valence-electron chi connectivity index (χ1n) is 5.88. The molecule has 3 nitrogen and oxygen atoms in total. The lowest BCUT2D eigenvalue weighted by molar-refractivity contribution is 0.286. The van der Waals surface area contributed by atoms with Crippen molar-refractivity contribution in [2.75, 3.05) is 6.54 Å². The molecule has 1 atom stereocenters. The van der Waals surface area contributed by atoms with Crippen LogP contribution in [-0.2, 0) is 6.54 Å². The third kappa shape index (κ3) is 2.46. The van der Waals surface area contributed by atoms with Gasteiger partial charge >= 0.3 is 0 Å². The molecule has 0 spiro atoms. The van der Waals surface area contributed by atoms with Crippen LogP contribution in [0.4, 0.5) is 0 Å². The van der Waals surface area contributed by atoms with E-state index in [1.165, 1.54) is 5.56 Å². The second-order valence-corrected chi connectivity index (χ2v) is 4.51. The second-order valence-electron chi connectivity index (χ2n) is 4.51. The number of nitriles is 2. The summed E-state index contributed by atoms with van der Waals surface area (Å²) in [6.45, 7) is 3.83. The van der Waals surface area contributed by atoms with Crippen LogP contribution < -0.4 is 0 Å². The van der Waals surface area contributed by atoms with Crippen molar-refractivity contribution in [3.05, 3.63) is 34.9 Å². The van der Waals surface area contributed by atoms with Gasteiger partial charge in [-0.2, -0.15) is 10.5 Å². The summed E-state index contributed by atoms with van der Waals surface area (Å²) in [5.41, 5.74) is 3.04. The molecule has 1 aliphatic rings. The van der Waals surface area contributed by atoms with E-state index < -0.39 is 0 Å². The fourth-order valence-electron chi connectivity index (χ4n) is 2.32. The van der Waals surface area contributed by atoms with E-state index in [1.54, 1.807) is 0 Å². The van der Waals surface area contributed by atoms with Gasteiger partial charge in [-0.15, -0.1) is 0 Å². The summed E-state index contributed by atoms with van der Waals surface area (Å²) in [6, 6.07) is 10.3. The topological polar surface area (TPSA) is 50.8 Å². The van der Waals surface area contributed by atoms with Crippen LogP contribution in [0.5, 0.6) is 0 Å². The molecule has 86 valence electrons. The number of likely N-dealkylation sites (tertiary alicyclic amines) is 1. The third-order valence-electron chi connectivity index (χ3n) is 3.36. The van der Waals surface area contributed by atoms with Gasteiger partial charge in [0, 0.05) is 6.54 Å². The smallest absolute Gasteiger partial charge is 0.0991 e. The van der Waals surface area contributed by atoms with Crippen molar-refractivity contribution in [2.24, 2.45) is 0 Å². The molecule has 0 N–H and O–H groups in total. The minimum Gasteiger partial charge on any atom is -0.284 e. The van der Waals surface area contributed by atoms with Crippen molar-refractivity contribution in [3.8, 4) is 12.1 Å². The van der Waals surface area contributed by atoms with Gasteiger partial charge in [0.25, 0.3) is 0 Å². The van der Waals surface area contributed by atoms with Crippen LogP contribution in [0.15, 0.2) is 18.2 Å². The second kappa shape index (κ2) is 4.99. The highest BCUT2D eigenvalue weighted by Crippen LogP contribution is 2.21. The molecule has 3 heteroatoms. The van der Waals surface area contributed by atoms with E-state index in [4.69, 9.17) is 10.5 Å². The van der Waals surface area contributed by atoms with E-state index in [0.717, 1.165) is 31.5 Å². The van der Waals surface area contributed by atoms with Crippen molar-refractivity contribution >= 4 is 0 Å². The third-order valence-corrected chi connectivity index (χ3v) is 3.36. The summed E-state index contributed by atoms with van der Waals surface area (Å²) in [4.78, 5) is 2.22. The molecule has 0 saturated carbocycles. The number of nitrogens with zero attached hydrogens (tertiary/aromatic N) is 3. The molecule has 0 bridgehead atoms. The predicted molar refractivity (Wildman–Crippen MR) is 64.9 cm³/mol. The fourth-order valence-corrected chi connectivity index (χ4v) is 2.32. The van der Waals surface area contributed by atoms with Gasteiger partial charge < -0.3 is 0 Å². The average molecular weight is 225 g/mol. The Morgan fingerprint density at radius 3 is 2.88 bits per heavy atom. The average Bonchev–Trinajstić information content (AvgIpc) is 2.79. The van der Waals surface area contributed by atoms with Crippen molar-refractivity contribution in [1.29, 1.82) is 10.5 Å². The molecule has 1 aromatic rings. The molecular formula is C14H15N3. The fraction of sp³-hybridized carbons (Fsp3) is 0.429. The van der Waals surface area contributed by atoms with Gasteiger partial charge in [-0.3, -0.25) is 4.90 Å². The van der Waals surface area contributed by atoms with Gasteiger partial charge in [0.2, 0.25) is 0 Å². The molecule has 1 heterocycles. The lowest BCUT2D eigenvalue weighted by Gasteiger charge is -2.20. The maximum absolute atomic E-state index is 9.03. The van der Waals surface area contributed by atoms with Crippen LogP contribution in [0.2, 0.25) is 0 Å². The Morgan fingerprint density at radius 1 is 1.41 bits per heavy atom. The first-order chi connectivity index (χ1) is 8.24. The lowest BCUT2D eigenvalue weighted by Crippen LogP contribution is -2.27. The molecule has 1 aromatic carbocycles. The van der Waals surface area contributed by atoms with Gasteiger partial charge in [0.05, 0.1) is 23.7 Å². The molecule has 0 amide bonds. The Labute approximate surface area is 102 Å². The Bertz CT molecular complexity index is 493. The summed E-state index contributed by atoms with van der Waals surface area (Å²) >= 11 is 0. The van der Waals surface area contributed by atoms with Crippen molar-refractivity contribution in [2.45, 2.75) is 32.4 Å². The number of benzene rings is 1. The minimum absolute atomic E-state index is 0.0602. The zero-order chi connectivity index (χ0) is 12.3. The monoisotopic (exact) mass is 225 g/mol. The summed E-state index contributed by atoms with van der Waals surface area (Å²) in [6.07, 6.45) is 2.08. The molecule has 0 aromatic heterocycles. The molecule has 17 heavy (non-hydrogen) atoms. The largest absolute Gasteiger partial charge is 0.284 e. The van der Waals surface area contributed by atoms with Crippen LogP contribution in [0, 0.1) is 29.6 Å². The first-order valence-corrected chi connectivity index (χ1v) is 5.88. The van der Waals surface area contributed by atoms with Crippen LogP contribution in [-0.4, -0.2) is 17.5 Å². The van der Waals surface area contributed by atoms with E-state index in [2.05, 4.69) is 17.0 Å². The molecular weight excluding hydrogens is 210 g/mol. The summed E-state index contributed by atoms with van der Waals surface area (Å²) < 4.78 is 0. The Morgan fingerprint density at radius 2 is 2.24 bits per heavy atom. The minimum atomic E-state index is 0.0602. The SMILES string of the molecule is Cc1cc(C#N)ccc1CN1CCCC1C#N.